The molecule has 0 bridgehead atoms. The van der Waals surface area contributed by atoms with E-state index in [1.54, 1.807) is 6.92 Å². The largest absolute Gasteiger partial charge is 0.484 e. The monoisotopic (exact) mass is 233 g/mol. The average Bonchev–Trinajstić information content (AvgIpc) is 2.73. The van der Waals surface area contributed by atoms with Crippen LogP contribution in [0.3, 0.4) is 0 Å². The minimum Gasteiger partial charge on any atom is -0.484 e. The molecule has 1 aromatic carbocycles. The molecule has 1 aromatic heterocycles. The second-order valence-corrected chi connectivity index (χ2v) is 3.88. The fourth-order valence-corrected chi connectivity index (χ4v) is 1.41. The van der Waals surface area contributed by atoms with Gasteiger partial charge >= 0.3 is 0 Å². The van der Waals surface area contributed by atoms with E-state index in [9.17, 15) is 0 Å². The third-order valence-electron chi connectivity index (χ3n) is 2.34. The van der Waals surface area contributed by atoms with E-state index in [0.717, 1.165) is 11.3 Å². The van der Waals surface area contributed by atoms with Gasteiger partial charge in [-0.2, -0.15) is 4.98 Å². The van der Waals surface area contributed by atoms with Crippen molar-refractivity contribution in [3.63, 3.8) is 0 Å². The Hall–Kier alpha value is -1.88. The van der Waals surface area contributed by atoms with Crippen LogP contribution in [0.15, 0.2) is 28.8 Å². The van der Waals surface area contributed by atoms with Gasteiger partial charge in [0, 0.05) is 6.04 Å². The van der Waals surface area contributed by atoms with E-state index < -0.39 is 0 Å². The maximum atomic E-state index is 5.76. The van der Waals surface area contributed by atoms with Crippen LogP contribution in [-0.4, -0.2) is 10.1 Å². The van der Waals surface area contributed by atoms with E-state index in [4.69, 9.17) is 15.0 Å². The zero-order valence-corrected chi connectivity index (χ0v) is 9.88. The Morgan fingerprint density at radius 2 is 2.06 bits per heavy atom. The van der Waals surface area contributed by atoms with Crippen molar-refractivity contribution in [1.82, 2.24) is 10.1 Å². The zero-order chi connectivity index (χ0) is 12.3. The van der Waals surface area contributed by atoms with E-state index in [2.05, 4.69) is 10.1 Å². The molecule has 1 heterocycles. The van der Waals surface area contributed by atoms with E-state index in [-0.39, 0.29) is 12.6 Å². The minimum atomic E-state index is 0.0302. The molecule has 0 fully saturated rings. The highest BCUT2D eigenvalue weighted by molar-refractivity contribution is 5.28. The zero-order valence-electron chi connectivity index (χ0n) is 9.88. The lowest BCUT2D eigenvalue weighted by atomic mass is 10.1. The van der Waals surface area contributed by atoms with Crippen LogP contribution in [0.25, 0.3) is 0 Å². The topological polar surface area (TPSA) is 74.2 Å². The Balaban J connectivity index is 1.95. The van der Waals surface area contributed by atoms with Crippen LogP contribution in [0, 0.1) is 6.92 Å². The fraction of sp³-hybridized carbons (Fsp3) is 0.333. The lowest BCUT2D eigenvalue weighted by Gasteiger charge is -2.07. The molecule has 2 aromatic rings. The summed E-state index contributed by atoms with van der Waals surface area (Å²) in [5, 5.41) is 3.68. The molecule has 2 N–H and O–H groups in total. The third kappa shape index (κ3) is 3.04. The van der Waals surface area contributed by atoms with Gasteiger partial charge < -0.3 is 15.0 Å². The maximum absolute atomic E-state index is 5.76. The van der Waals surface area contributed by atoms with Gasteiger partial charge in [0.15, 0.2) is 12.4 Å². The molecule has 2 rings (SSSR count). The van der Waals surface area contributed by atoms with Crippen LogP contribution in [-0.2, 0) is 6.61 Å². The van der Waals surface area contributed by atoms with Gasteiger partial charge in [0.2, 0.25) is 0 Å². The molecule has 0 spiro atoms. The molecule has 5 nitrogen and oxygen atoms in total. The van der Waals surface area contributed by atoms with Gasteiger partial charge in [-0.25, -0.2) is 0 Å². The Morgan fingerprint density at radius 3 is 2.59 bits per heavy atom. The van der Waals surface area contributed by atoms with Crippen molar-refractivity contribution in [2.75, 3.05) is 0 Å². The molecule has 0 radical (unpaired) electrons. The number of nitrogens with two attached hydrogens (primary N) is 1. The summed E-state index contributed by atoms with van der Waals surface area (Å²) in [6.45, 7) is 3.99. The predicted molar refractivity (Wildman–Crippen MR) is 62.4 cm³/mol. The summed E-state index contributed by atoms with van der Waals surface area (Å²) in [6.07, 6.45) is 0. The fourth-order valence-electron chi connectivity index (χ4n) is 1.41. The standard InChI is InChI=1S/C12H15N3O2/c1-8(13)10-3-5-11(6-4-10)16-7-12-14-9(2)15-17-12/h3-6,8H,7,13H2,1-2H3. The predicted octanol–water partition coefficient (Wildman–Crippen LogP) is 1.98. The first-order valence-electron chi connectivity index (χ1n) is 5.42. The second-order valence-electron chi connectivity index (χ2n) is 3.88. The molecular weight excluding hydrogens is 218 g/mol. The number of aryl methyl sites for hydroxylation is 1. The Bertz CT molecular complexity index is 477. The molecule has 0 aliphatic heterocycles. The molecule has 1 unspecified atom stereocenters. The highest BCUT2D eigenvalue weighted by Crippen LogP contribution is 2.16. The van der Waals surface area contributed by atoms with Gasteiger partial charge in [0.1, 0.15) is 5.75 Å². The van der Waals surface area contributed by atoms with Gasteiger partial charge in [-0.1, -0.05) is 17.3 Å². The van der Waals surface area contributed by atoms with Crippen LogP contribution in [0.4, 0.5) is 0 Å². The smallest absolute Gasteiger partial charge is 0.264 e. The van der Waals surface area contributed by atoms with E-state index in [1.807, 2.05) is 31.2 Å². The van der Waals surface area contributed by atoms with Crippen LogP contribution < -0.4 is 10.5 Å². The number of hydrogen-bond donors (Lipinski definition) is 1. The van der Waals surface area contributed by atoms with Gasteiger partial charge in [0.05, 0.1) is 0 Å². The molecule has 1 atom stereocenters. The molecule has 90 valence electrons. The Labute approximate surface area is 99.6 Å². The van der Waals surface area contributed by atoms with Gasteiger partial charge in [-0.15, -0.1) is 0 Å². The first-order valence-corrected chi connectivity index (χ1v) is 5.42. The number of rotatable bonds is 4. The first kappa shape index (κ1) is 11.6. The second kappa shape index (κ2) is 4.97. The number of aromatic nitrogens is 2. The van der Waals surface area contributed by atoms with E-state index in [1.165, 1.54) is 0 Å². The van der Waals surface area contributed by atoms with Crippen molar-refractivity contribution >= 4 is 0 Å². The van der Waals surface area contributed by atoms with E-state index >= 15 is 0 Å². The summed E-state index contributed by atoms with van der Waals surface area (Å²) in [4.78, 5) is 4.05. The normalized spacial score (nSPS) is 12.4. The summed E-state index contributed by atoms with van der Waals surface area (Å²) >= 11 is 0. The van der Waals surface area contributed by atoms with Crippen molar-refractivity contribution in [1.29, 1.82) is 0 Å². The van der Waals surface area contributed by atoms with Gasteiger partial charge in [0.25, 0.3) is 5.89 Å². The maximum Gasteiger partial charge on any atom is 0.264 e. The molecule has 17 heavy (non-hydrogen) atoms. The summed E-state index contributed by atoms with van der Waals surface area (Å²) in [5.74, 6) is 1.83. The van der Waals surface area contributed by atoms with Crippen LogP contribution >= 0.6 is 0 Å². The number of nitrogens with zero attached hydrogens (tertiary/aromatic N) is 2. The van der Waals surface area contributed by atoms with Crippen LogP contribution in [0.1, 0.15) is 30.2 Å². The lowest BCUT2D eigenvalue weighted by molar-refractivity contribution is 0.242. The van der Waals surface area contributed by atoms with Gasteiger partial charge in [-0.3, -0.25) is 0 Å². The van der Waals surface area contributed by atoms with Crippen molar-refractivity contribution < 1.29 is 9.26 Å². The highest BCUT2D eigenvalue weighted by Gasteiger charge is 2.04. The van der Waals surface area contributed by atoms with Gasteiger partial charge in [-0.05, 0) is 31.5 Å². The van der Waals surface area contributed by atoms with Crippen LogP contribution in [0.5, 0.6) is 5.75 Å². The van der Waals surface area contributed by atoms with Crippen molar-refractivity contribution in [3.05, 3.63) is 41.5 Å². The molecule has 0 saturated heterocycles. The molecule has 0 aliphatic rings. The molecule has 5 heteroatoms. The third-order valence-corrected chi connectivity index (χ3v) is 2.34. The Morgan fingerprint density at radius 1 is 1.35 bits per heavy atom. The molecule has 0 saturated carbocycles. The summed E-state index contributed by atoms with van der Waals surface area (Å²) < 4.78 is 10.4. The van der Waals surface area contributed by atoms with E-state index in [0.29, 0.717) is 11.7 Å². The molecule has 0 amide bonds. The SMILES string of the molecule is Cc1noc(COc2ccc(C(C)N)cc2)n1. The minimum absolute atomic E-state index is 0.0302. The summed E-state index contributed by atoms with van der Waals surface area (Å²) in [6, 6.07) is 7.67. The lowest BCUT2D eigenvalue weighted by Crippen LogP contribution is -2.04. The van der Waals surface area contributed by atoms with Crippen molar-refractivity contribution in [2.24, 2.45) is 5.73 Å². The van der Waals surface area contributed by atoms with Crippen molar-refractivity contribution in [2.45, 2.75) is 26.5 Å². The summed E-state index contributed by atoms with van der Waals surface area (Å²) in [5.41, 5.74) is 6.83. The highest BCUT2D eigenvalue weighted by atomic mass is 16.5. The quantitative estimate of drug-likeness (QED) is 0.873. The van der Waals surface area contributed by atoms with Crippen LogP contribution in [0.2, 0.25) is 0 Å². The average molecular weight is 233 g/mol. The number of hydrogen-bond acceptors (Lipinski definition) is 5. The Kier molecular flexibility index (Phi) is 3.39. The first-order chi connectivity index (χ1) is 8.15. The van der Waals surface area contributed by atoms with Crippen molar-refractivity contribution in [3.8, 4) is 5.75 Å². The summed E-state index contributed by atoms with van der Waals surface area (Å²) in [7, 11) is 0. The molecule has 0 aliphatic carbocycles. The molecular formula is C12H15N3O2. The number of benzene rings is 1. The number of ether oxygens (including phenoxy) is 1.